The molecule has 1 atom stereocenters. The molecule has 0 saturated heterocycles. The number of rotatable bonds is 8. The van der Waals surface area contributed by atoms with E-state index < -0.39 is 0 Å². The van der Waals surface area contributed by atoms with Crippen molar-refractivity contribution in [1.82, 2.24) is 0 Å². The fourth-order valence-electron chi connectivity index (χ4n) is 1.16. The molecule has 0 aromatic heterocycles. The van der Waals surface area contributed by atoms with Crippen LogP contribution in [0, 0.1) is 5.92 Å². The molecule has 0 aromatic rings. The Balaban J connectivity index is 3.38. The zero-order valence-corrected chi connectivity index (χ0v) is 11.4. The van der Waals surface area contributed by atoms with E-state index in [2.05, 4.69) is 39.1 Å². The van der Waals surface area contributed by atoms with Crippen LogP contribution in [-0.2, 0) is 9.53 Å². The minimum absolute atomic E-state index is 0.211. The second-order valence-corrected chi connectivity index (χ2v) is 5.16. The number of unbranched alkanes of at least 4 members (excludes halogenated alkanes) is 1. The molecule has 1 unspecified atom stereocenters. The summed E-state index contributed by atoms with van der Waals surface area (Å²) in [5.41, 5.74) is 0. The number of carbonyl (C=O) groups is 1. The van der Waals surface area contributed by atoms with Gasteiger partial charge in [0.05, 0.1) is 6.61 Å². The summed E-state index contributed by atoms with van der Waals surface area (Å²) >= 11 is 8.18. The second-order valence-electron chi connectivity index (χ2n) is 4.09. The molecule has 2 nitrogen and oxygen atoms in total. The molecule has 0 aromatic carbocycles. The van der Waals surface area contributed by atoms with Crippen LogP contribution in [0.3, 0.4) is 0 Å². The SMILES string of the molecule is CC(C)CCCCOC(=O)C(S)CCS. The molecule has 0 N–H and O–H groups in total. The minimum Gasteiger partial charge on any atom is -0.465 e. The largest absolute Gasteiger partial charge is 0.465 e. The molecule has 0 saturated carbocycles. The summed E-state index contributed by atoms with van der Waals surface area (Å²) in [4.78, 5) is 11.3. The zero-order chi connectivity index (χ0) is 11.7. The topological polar surface area (TPSA) is 26.3 Å². The van der Waals surface area contributed by atoms with Crippen molar-refractivity contribution in [2.24, 2.45) is 5.92 Å². The summed E-state index contributed by atoms with van der Waals surface area (Å²) in [7, 11) is 0. The fraction of sp³-hybridized carbons (Fsp3) is 0.909. The summed E-state index contributed by atoms with van der Waals surface area (Å²) in [5, 5.41) is -0.312. The van der Waals surface area contributed by atoms with E-state index in [1.807, 2.05) is 0 Å². The lowest BCUT2D eigenvalue weighted by Crippen LogP contribution is -2.19. The van der Waals surface area contributed by atoms with Crippen molar-refractivity contribution >= 4 is 31.2 Å². The van der Waals surface area contributed by atoms with Crippen LogP contribution in [0.2, 0.25) is 0 Å². The van der Waals surface area contributed by atoms with Gasteiger partial charge in [0.1, 0.15) is 5.25 Å². The predicted octanol–water partition coefficient (Wildman–Crippen LogP) is 2.97. The van der Waals surface area contributed by atoms with Gasteiger partial charge >= 0.3 is 5.97 Å². The molecule has 0 amide bonds. The molecular weight excluding hydrogens is 228 g/mol. The van der Waals surface area contributed by atoms with Gasteiger partial charge in [0.2, 0.25) is 0 Å². The molecule has 0 rings (SSSR count). The van der Waals surface area contributed by atoms with E-state index in [0.29, 0.717) is 18.8 Å². The third-order valence-electron chi connectivity index (χ3n) is 2.09. The molecular formula is C11H22O2S2. The highest BCUT2D eigenvalue weighted by molar-refractivity contribution is 7.82. The molecule has 0 fully saturated rings. The Morgan fingerprint density at radius 3 is 2.47 bits per heavy atom. The van der Waals surface area contributed by atoms with Crippen molar-refractivity contribution in [3.05, 3.63) is 0 Å². The zero-order valence-electron chi connectivity index (χ0n) is 9.61. The van der Waals surface area contributed by atoms with E-state index in [1.54, 1.807) is 0 Å². The number of hydrogen-bond donors (Lipinski definition) is 2. The van der Waals surface area contributed by atoms with Crippen molar-refractivity contribution in [3.63, 3.8) is 0 Å². The van der Waals surface area contributed by atoms with Gasteiger partial charge in [-0.15, -0.1) is 0 Å². The van der Waals surface area contributed by atoms with Crippen LogP contribution in [-0.4, -0.2) is 23.6 Å². The standard InChI is InChI=1S/C11H22O2S2/c1-9(2)5-3-4-7-13-11(12)10(15)6-8-14/h9-10,14-15H,3-8H2,1-2H3. The lowest BCUT2D eigenvalue weighted by molar-refractivity contribution is -0.143. The molecule has 0 aliphatic heterocycles. The predicted molar refractivity (Wildman–Crippen MR) is 70.9 cm³/mol. The van der Waals surface area contributed by atoms with Gasteiger partial charge in [-0.05, 0) is 30.9 Å². The third kappa shape index (κ3) is 9.12. The maximum atomic E-state index is 11.3. The molecule has 0 aliphatic rings. The Hall–Kier alpha value is 0.170. The molecule has 0 aliphatic carbocycles. The van der Waals surface area contributed by atoms with Gasteiger partial charge in [-0.2, -0.15) is 25.3 Å². The van der Waals surface area contributed by atoms with E-state index in [-0.39, 0.29) is 11.2 Å². The van der Waals surface area contributed by atoms with Gasteiger partial charge in [0.15, 0.2) is 0 Å². The maximum absolute atomic E-state index is 11.3. The molecule has 15 heavy (non-hydrogen) atoms. The van der Waals surface area contributed by atoms with Gasteiger partial charge in [-0.25, -0.2) is 0 Å². The van der Waals surface area contributed by atoms with Crippen molar-refractivity contribution in [1.29, 1.82) is 0 Å². The van der Waals surface area contributed by atoms with Gasteiger partial charge in [-0.3, -0.25) is 4.79 Å². The number of thiol groups is 2. The molecule has 0 spiro atoms. The van der Waals surface area contributed by atoms with E-state index in [1.165, 1.54) is 6.42 Å². The first-order valence-corrected chi connectivity index (χ1v) is 6.68. The Kier molecular flexibility index (Phi) is 9.51. The van der Waals surface area contributed by atoms with Crippen LogP contribution in [0.5, 0.6) is 0 Å². The third-order valence-corrected chi connectivity index (χ3v) is 2.82. The van der Waals surface area contributed by atoms with Gasteiger partial charge in [0.25, 0.3) is 0 Å². The summed E-state index contributed by atoms with van der Waals surface area (Å²) in [5.74, 6) is 1.18. The highest BCUT2D eigenvalue weighted by atomic mass is 32.1. The lowest BCUT2D eigenvalue weighted by Gasteiger charge is -2.09. The average Bonchev–Trinajstić information content (AvgIpc) is 2.16. The van der Waals surface area contributed by atoms with Crippen LogP contribution in [0.1, 0.15) is 39.5 Å². The van der Waals surface area contributed by atoms with Gasteiger partial charge in [0, 0.05) is 0 Å². The fourth-order valence-corrected chi connectivity index (χ4v) is 1.83. The monoisotopic (exact) mass is 250 g/mol. The first-order chi connectivity index (χ1) is 7.07. The minimum atomic E-state index is -0.312. The first-order valence-electron chi connectivity index (χ1n) is 5.53. The Labute approximate surface area is 104 Å². The van der Waals surface area contributed by atoms with E-state index in [9.17, 15) is 4.79 Å². The molecule has 0 bridgehead atoms. The summed E-state index contributed by atoms with van der Waals surface area (Å²) < 4.78 is 5.09. The Morgan fingerprint density at radius 2 is 1.93 bits per heavy atom. The number of esters is 1. The number of hydrogen-bond acceptors (Lipinski definition) is 4. The van der Waals surface area contributed by atoms with Crippen LogP contribution in [0.4, 0.5) is 0 Å². The van der Waals surface area contributed by atoms with Crippen LogP contribution >= 0.6 is 25.3 Å². The van der Waals surface area contributed by atoms with Gasteiger partial charge < -0.3 is 4.74 Å². The van der Waals surface area contributed by atoms with E-state index >= 15 is 0 Å². The first kappa shape index (κ1) is 15.2. The Morgan fingerprint density at radius 1 is 1.27 bits per heavy atom. The summed E-state index contributed by atoms with van der Waals surface area (Å²) in [6, 6.07) is 0. The molecule has 4 heteroatoms. The van der Waals surface area contributed by atoms with Crippen LogP contribution in [0.25, 0.3) is 0 Å². The smallest absolute Gasteiger partial charge is 0.318 e. The average molecular weight is 250 g/mol. The highest BCUT2D eigenvalue weighted by Gasteiger charge is 2.13. The van der Waals surface area contributed by atoms with Crippen molar-refractivity contribution in [2.45, 2.75) is 44.8 Å². The van der Waals surface area contributed by atoms with E-state index in [0.717, 1.165) is 18.8 Å². The van der Waals surface area contributed by atoms with Crippen LogP contribution in [0.15, 0.2) is 0 Å². The quantitative estimate of drug-likeness (QED) is 0.393. The highest BCUT2D eigenvalue weighted by Crippen LogP contribution is 2.08. The maximum Gasteiger partial charge on any atom is 0.318 e. The summed E-state index contributed by atoms with van der Waals surface area (Å²) in [6.07, 6.45) is 3.93. The summed E-state index contributed by atoms with van der Waals surface area (Å²) in [6.45, 7) is 4.92. The van der Waals surface area contributed by atoms with E-state index in [4.69, 9.17) is 4.74 Å². The van der Waals surface area contributed by atoms with Crippen LogP contribution < -0.4 is 0 Å². The van der Waals surface area contributed by atoms with Crippen molar-refractivity contribution < 1.29 is 9.53 Å². The second kappa shape index (κ2) is 9.40. The Bertz CT molecular complexity index is 172. The van der Waals surface area contributed by atoms with Crippen molar-refractivity contribution in [2.75, 3.05) is 12.4 Å². The lowest BCUT2D eigenvalue weighted by atomic mass is 10.1. The molecule has 0 radical (unpaired) electrons. The normalized spacial score (nSPS) is 12.9. The molecule has 90 valence electrons. The van der Waals surface area contributed by atoms with Gasteiger partial charge in [-0.1, -0.05) is 20.3 Å². The number of carbonyl (C=O) groups excluding carboxylic acids is 1. The number of ether oxygens (including phenoxy) is 1. The van der Waals surface area contributed by atoms with Crippen molar-refractivity contribution in [3.8, 4) is 0 Å². The molecule has 0 heterocycles.